The maximum atomic E-state index is 5.97. The summed E-state index contributed by atoms with van der Waals surface area (Å²) in [5.74, 6) is 7.44. The molecule has 1 atom stereocenters. The number of hydrogen-bond donors (Lipinski definition) is 2. The summed E-state index contributed by atoms with van der Waals surface area (Å²) in [5, 5.41) is 1.12. The molecule has 3 N–H and O–H groups in total. The van der Waals surface area contributed by atoms with Gasteiger partial charge in [-0.15, -0.1) is 0 Å². The van der Waals surface area contributed by atoms with Crippen LogP contribution >= 0.6 is 15.9 Å². The lowest BCUT2D eigenvalue weighted by atomic mass is 9.97. The van der Waals surface area contributed by atoms with Crippen LogP contribution in [0.15, 0.2) is 33.2 Å². The molecule has 1 fully saturated rings. The van der Waals surface area contributed by atoms with Gasteiger partial charge in [0.05, 0.1) is 10.5 Å². The van der Waals surface area contributed by atoms with Crippen LogP contribution in [-0.2, 0) is 0 Å². The minimum Gasteiger partial charge on any atom is -0.458 e. The topological polar surface area (TPSA) is 51.2 Å². The standard InChI is InChI=1S/C15H19BrN2O/c16-12-7-3-6-11-9-14(19-15(11)12)13(18-17)8-10-4-1-2-5-10/h3,6-7,9-10,13,18H,1-2,4-5,8,17H2. The first-order valence-corrected chi connectivity index (χ1v) is 7.71. The van der Waals surface area contributed by atoms with Gasteiger partial charge in [-0.1, -0.05) is 37.8 Å². The van der Waals surface area contributed by atoms with Crippen LogP contribution in [0.1, 0.15) is 43.9 Å². The molecule has 0 spiro atoms. The highest BCUT2D eigenvalue weighted by Gasteiger charge is 2.23. The van der Waals surface area contributed by atoms with Crippen LogP contribution in [-0.4, -0.2) is 0 Å². The first-order valence-electron chi connectivity index (χ1n) is 6.92. The summed E-state index contributed by atoms with van der Waals surface area (Å²) in [7, 11) is 0. The van der Waals surface area contributed by atoms with E-state index in [1.54, 1.807) is 0 Å². The third-order valence-electron chi connectivity index (χ3n) is 4.10. The van der Waals surface area contributed by atoms with Crippen LogP contribution in [0.2, 0.25) is 0 Å². The van der Waals surface area contributed by atoms with Gasteiger partial charge in [0.2, 0.25) is 0 Å². The number of nitrogens with one attached hydrogen (secondary N) is 1. The van der Waals surface area contributed by atoms with Gasteiger partial charge in [-0.05, 0) is 40.4 Å². The molecule has 1 saturated carbocycles. The Morgan fingerprint density at radius 3 is 2.84 bits per heavy atom. The summed E-state index contributed by atoms with van der Waals surface area (Å²) in [4.78, 5) is 0. The highest BCUT2D eigenvalue weighted by atomic mass is 79.9. The smallest absolute Gasteiger partial charge is 0.148 e. The fraction of sp³-hybridized carbons (Fsp3) is 0.467. The monoisotopic (exact) mass is 322 g/mol. The molecule has 102 valence electrons. The van der Waals surface area contributed by atoms with E-state index in [-0.39, 0.29) is 6.04 Å². The van der Waals surface area contributed by atoms with Gasteiger partial charge in [0, 0.05) is 5.39 Å². The zero-order valence-electron chi connectivity index (χ0n) is 10.9. The molecule has 4 heteroatoms. The normalized spacial score (nSPS) is 18.2. The SMILES string of the molecule is NNC(CC1CCCC1)c1cc2cccc(Br)c2o1. The predicted molar refractivity (Wildman–Crippen MR) is 80.6 cm³/mol. The number of fused-ring (bicyclic) bond motifs is 1. The second-order valence-electron chi connectivity index (χ2n) is 5.41. The number of benzene rings is 1. The maximum Gasteiger partial charge on any atom is 0.148 e. The fourth-order valence-electron chi connectivity index (χ4n) is 3.06. The van der Waals surface area contributed by atoms with E-state index in [4.69, 9.17) is 10.3 Å². The van der Waals surface area contributed by atoms with Gasteiger partial charge < -0.3 is 4.42 Å². The molecule has 0 aliphatic heterocycles. The number of hydrazine groups is 1. The Kier molecular flexibility index (Phi) is 3.91. The quantitative estimate of drug-likeness (QED) is 0.652. The summed E-state index contributed by atoms with van der Waals surface area (Å²) < 4.78 is 6.97. The Hall–Kier alpha value is -0.840. The van der Waals surface area contributed by atoms with E-state index in [1.165, 1.54) is 25.7 Å². The van der Waals surface area contributed by atoms with Crippen molar-refractivity contribution in [3.05, 3.63) is 34.5 Å². The van der Waals surface area contributed by atoms with Gasteiger partial charge in [0.25, 0.3) is 0 Å². The molecule has 0 saturated heterocycles. The van der Waals surface area contributed by atoms with Gasteiger partial charge >= 0.3 is 0 Å². The Bertz CT molecular complexity index is 560. The molecule has 1 aliphatic carbocycles. The van der Waals surface area contributed by atoms with Crippen LogP contribution < -0.4 is 11.3 Å². The highest BCUT2D eigenvalue weighted by Crippen LogP contribution is 2.35. The molecule has 0 bridgehead atoms. The Labute approximate surface area is 121 Å². The molecule has 0 radical (unpaired) electrons. The molecule has 1 heterocycles. The van der Waals surface area contributed by atoms with Crippen LogP contribution in [0.5, 0.6) is 0 Å². The van der Waals surface area contributed by atoms with Crippen molar-refractivity contribution >= 4 is 26.9 Å². The van der Waals surface area contributed by atoms with Gasteiger partial charge in [-0.25, -0.2) is 5.43 Å². The van der Waals surface area contributed by atoms with Gasteiger partial charge in [0.1, 0.15) is 11.3 Å². The van der Waals surface area contributed by atoms with E-state index in [1.807, 2.05) is 12.1 Å². The summed E-state index contributed by atoms with van der Waals surface area (Å²) in [6.45, 7) is 0. The Morgan fingerprint density at radius 1 is 1.37 bits per heavy atom. The second kappa shape index (κ2) is 5.65. The maximum absolute atomic E-state index is 5.97. The largest absolute Gasteiger partial charge is 0.458 e. The van der Waals surface area contributed by atoms with E-state index in [9.17, 15) is 0 Å². The van der Waals surface area contributed by atoms with Gasteiger partial charge in [-0.2, -0.15) is 0 Å². The van der Waals surface area contributed by atoms with Crippen LogP contribution in [0.3, 0.4) is 0 Å². The summed E-state index contributed by atoms with van der Waals surface area (Å²) >= 11 is 3.52. The van der Waals surface area contributed by atoms with Crippen molar-refractivity contribution in [2.45, 2.75) is 38.1 Å². The summed E-state index contributed by atoms with van der Waals surface area (Å²) in [6, 6.07) is 8.29. The third-order valence-corrected chi connectivity index (χ3v) is 4.73. The van der Waals surface area contributed by atoms with E-state index in [0.717, 1.165) is 33.5 Å². The zero-order valence-corrected chi connectivity index (χ0v) is 12.4. The zero-order chi connectivity index (χ0) is 13.2. The predicted octanol–water partition coefficient (Wildman–Crippen LogP) is 4.28. The lowest BCUT2D eigenvalue weighted by Crippen LogP contribution is -2.29. The van der Waals surface area contributed by atoms with Crippen molar-refractivity contribution in [3.8, 4) is 0 Å². The number of para-hydroxylation sites is 1. The number of hydrogen-bond acceptors (Lipinski definition) is 3. The first kappa shape index (κ1) is 13.2. The second-order valence-corrected chi connectivity index (χ2v) is 6.27. The summed E-state index contributed by atoms with van der Waals surface area (Å²) in [5.41, 5.74) is 3.82. The lowest BCUT2D eigenvalue weighted by Gasteiger charge is -2.17. The van der Waals surface area contributed by atoms with Crippen LogP contribution in [0.4, 0.5) is 0 Å². The first-order chi connectivity index (χ1) is 9.28. The molecule has 1 unspecified atom stereocenters. The molecule has 0 amide bonds. The molecule has 2 aromatic rings. The molecule has 19 heavy (non-hydrogen) atoms. The number of furan rings is 1. The summed E-state index contributed by atoms with van der Waals surface area (Å²) in [6.07, 6.45) is 6.42. The van der Waals surface area contributed by atoms with Crippen molar-refractivity contribution in [2.75, 3.05) is 0 Å². The third kappa shape index (κ3) is 2.71. The van der Waals surface area contributed by atoms with Crippen molar-refractivity contribution in [3.63, 3.8) is 0 Å². The molecular weight excluding hydrogens is 304 g/mol. The van der Waals surface area contributed by atoms with Crippen molar-refractivity contribution in [1.82, 2.24) is 5.43 Å². The fourth-order valence-corrected chi connectivity index (χ4v) is 3.53. The van der Waals surface area contributed by atoms with Gasteiger partial charge in [-0.3, -0.25) is 5.84 Å². The van der Waals surface area contributed by atoms with Crippen molar-refractivity contribution in [2.24, 2.45) is 11.8 Å². The molecule has 1 aliphatic rings. The minimum atomic E-state index is 0.113. The van der Waals surface area contributed by atoms with E-state index in [0.29, 0.717) is 0 Å². The Morgan fingerprint density at radius 2 is 2.16 bits per heavy atom. The Balaban J connectivity index is 1.86. The average Bonchev–Trinajstić information content (AvgIpc) is 3.05. The molecule has 3 rings (SSSR count). The van der Waals surface area contributed by atoms with Gasteiger partial charge in [0.15, 0.2) is 0 Å². The average molecular weight is 323 g/mol. The molecule has 3 nitrogen and oxygen atoms in total. The number of halogens is 1. The molecule has 1 aromatic heterocycles. The van der Waals surface area contributed by atoms with E-state index < -0.39 is 0 Å². The minimum absolute atomic E-state index is 0.113. The highest BCUT2D eigenvalue weighted by molar-refractivity contribution is 9.10. The van der Waals surface area contributed by atoms with Crippen LogP contribution in [0.25, 0.3) is 11.0 Å². The number of nitrogens with two attached hydrogens (primary N) is 1. The molecular formula is C15H19BrN2O. The lowest BCUT2D eigenvalue weighted by molar-refractivity contribution is 0.353. The van der Waals surface area contributed by atoms with E-state index >= 15 is 0 Å². The van der Waals surface area contributed by atoms with Crippen molar-refractivity contribution in [1.29, 1.82) is 0 Å². The number of rotatable bonds is 4. The van der Waals surface area contributed by atoms with Crippen LogP contribution in [0, 0.1) is 5.92 Å². The van der Waals surface area contributed by atoms with Crippen molar-refractivity contribution < 1.29 is 4.42 Å². The van der Waals surface area contributed by atoms with E-state index in [2.05, 4.69) is 33.5 Å². The molecule has 1 aromatic carbocycles.